The fourth-order valence-corrected chi connectivity index (χ4v) is 2.83. The Labute approximate surface area is 113 Å². The topological polar surface area (TPSA) is 15.3 Å². The van der Waals surface area contributed by atoms with Crippen LogP contribution in [0.5, 0.6) is 0 Å². The van der Waals surface area contributed by atoms with E-state index in [1.165, 1.54) is 42.5 Å². The first-order chi connectivity index (χ1) is 8.29. The quantitative estimate of drug-likeness (QED) is 0.919. The van der Waals surface area contributed by atoms with Crippen LogP contribution in [0.2, 0.25) is 0 Å². The van der Waals surface area contributed by atoms with Crippen LogP contribution < -0.4 is 5.32 Å². The van der Waals surface area contributed by atoms with Crippen LogP contribution >= 0.6 is 15.9 Å². The average molecular weight is 297 g/mol. The summed E-state index contributed by atoms with van der Waals surface area (Å²) in [6.07, 6.45) is 2.63. The van der Waals surface area contributed by atoms with Gasteiger partial charge >= 0.3 is 0 Å². The Kier molecular flexibility index (Phi) is 5.01. The molecule has 1 aromatic rings. The van der Waals surface area contributed by atoms with E-state index in [0.29, 0.717) is 6.04 Å². The standard InChI is InChI=1S/C14H21BrN2/c1-2-17-9-5-7-13(11-17)16-10-12-6-3-4-8-14(12)15/h3-4,6,8,13,16H,2,5,7,9-11H2,1H3. The zero-order valence-corrected chi connectivity index (χ0v) is 12.0. The Balaban J connectivity index is 1.84. The number of nitrogens with one attached hydrogen (secondary N) is 1. The number of halogens is 1. The lowest BCUT2D eigenvalue weighted by Gasteiger charge is -2.32. The van der Waals surface area contributed by atoms with E-state index in [1.54, 1.807) is 0 Å². The highest BCUT2D eigenvalue weighted by Gasteiger charge is 2.17. The van der Waals surface area contributed by atoms with Crippen molar-refractivity contribution in [2.24, 2.45) is 0 Å². The lowest BCUT2D eigenvalue weighted by molar-refractivity contribution is 0.198. The van der Waals surface area contributed by atoms with Gasteiger partial charge in [-0.3, -0.25) is 0 Å². The van der Waals surface area contributed by atoms with E-state index in [4.69, 9.17) is 0 Å². The van der Waals surface area contributed by atoms with Crippen molar-refractivity contribution in [1.29, 1.82) is 0 Å². The minimum absolute atomic E-state index is 0.649. The second-order valence-electron chi connectivity index (χ2n) is 4.70. The molecule has 0 saturated carbocycles. The molecule has 2 nitrogen and oxygen atoms in total. The third kappa shape index (κ3) is 3.80. The molecule has 1 N–H and O–H groups in total. The predicted octanol–water partition coefficient (Wildman–Crippen LogP) is 3.02. The second-order valence-corrected chi connectivity index (χ2v) is 5.56. The van der Waals surface area contributed by atoms with Crippen LogP contribution in [0, 0.1) is 0 Å². The second kappa shape index (κ2) is 6.53. The molecule has 17 heavy (non-hydrogen) atoms. The van der Waals surface area contributed by atoms with Crippen LogP contribution in [-0.2, 0) is 6.54 Å². The molecule has 2 rings (SSSR count). The fraction of sp³-hybridized carbons (Fsp3) is 0.571. The van der Waals surface area contributed by atoms with Crippen molar-refractivity contribution in [3.8, 4) is 0 Å². The number of hydrogen-bond donors (Lipinski definition) is 1. The normalized spacial score (nSPS) is 21.6. The van der Waals surface area contributed by atoms with Gasteiger partial charge in [0, 0.05) is 23.6 Å². The molecule has 0 bridgehead atoms. The monoisotopic (exact) mass is 296 g/mol. The van der Waals surface area contributed by atoms with Crippen molar-refractivity contribution in [2.75, 3.05) is 19.6 Å². The smallest absolute Gasteiger partial charge is 0.0220 e. The van der Waals surface area contributed by atoms with Gasteiger partial charge < -0.3 is 10.2 Å². The van der Waals surface area contributed by atoms with Gasteiger partial charge in [-0.2, -0.15) is 0 Å². The fourth-order valence-electron chi connectivity index (χ4n) is 2.41. The Morgan fingerprint density at radius 3 is 3.00 bits per heavy atom. The third-order valence-corrected chi connectivity index (χ3v) is 4.27. The molecular weight excluding hydrogens is 276 g/mol. The predicted molar refractivity (Wildman–Crippen MR) is 76.1 cm³/mol. The zero-order valence-electron chi connectivity index (χ0n) is 10.5. The van der Waals surface area contributed by atoms with Crippen LogP contribution in [-0.4, -0.2) is 30.6 Å². The summed E-state index contributed by atoms with van der Waals surface area (Å²) in [6, 6.07) is 9.10. The van der Waals surface area contributed by atoms with Gasteiger partial charge in [0.25, 0.3) is 0 Å². The van der Waals surface area contributed by atoms with E-state index >= 15 is 0 Å². The van der Waals surface area contributed by atoms with E-state index in [-0.39, 0.29) is 0 Å². The first kappa shape index (κ1) is 13.1. The molecule has 0 radical (unpaired) electrons. The number of nitrogens with zero attached hydrogens (tertiary/aromatic N) is 1. The highest BCUT2D eigenvalue weighted by Crippen LogP contribution is 2.16. The maximum Gasteiger partial charge on any atom is 0.0220 e. The zero-order chi connectivity index (χ0) is 12.1. The summed E-state index contributed by atoms with van der Waals surface area (Å²) in [5, 5.41) is 3.67. The number of likely N-dealkylation sites (N-methyl/N-ethyl adjacent to an activating group) is 1. The Bertz CT molecular complexity index is 354. The highest BCUT2D eigenvalue weighted by atomic mass is 79.9. The first-order valence-corrected chi connectivity index (χ1v) is 7.28. The molecule has 3 heteroatoms. The van der Waals surface area contributed by atoms with E-state index in [0.717, 1.165) is 6.54 Å². The maximum atomic E-state index is 3.67. The van der Waals surface area contributed by atoms with Gasteiger partial charge in [0.1, 0.15) is 0 Å². The molecular formula is C14H21BrN2. The molecule has 1 unspecified atom stereocenters. The molecule has 1 saturated heterocycles. The highest BCUT2D eigenvalue weighted by molar-refractivity contribution is 9.10. The lowest BCUT2D eigenvalue weighted by atomic mass is 10.1. The van der Waals surface area contributed by atoms with Gasteiger partial charge in [0.15, 0.2) is 0 Å². The Hall–Kier alpha value is -0.380. The van der Waals surface area contributed by atoms with Crippen LogP contribution in [0.15, 0.2) is 28.7 Å². The molecule has 1 fully saturated rings. The van der Waals surface area contributed by atoms with Crippen LogP contribution in [0.4, 0.5) is 0 Å². The van der Waals surface area contributed by atoms with E-state index in [9.17, 15) is 0 Å². The minimum Gasteiger partial charge on any atom is -0.309 e. The van der Waals surface area contributed by atoms with Crippen molar-refractivity contribution in [2.45, 2.75) is 32.4 Å². The summed E-state index contributed by atoms with van der Waals surface area (Å²) in [7, 11) is 0. The number of rotatable bonds is 4. The third-order valence-electron chi connectivity index (χ3n) is 3.49. The number of benzene rings is 1. The lowest BCUT2D eigenvalue weighted by Crippen LogP contribution is -2.45. The van der Waals surface area contributed by atoms with Gasteiger partial charge in [0.05, 0.1) is 0 Å². The molecule has 1 aliphatic heterocycles. The summed E-state index contributed by atoms with van der Waals surface area (Å²) >= 11 is 3.60. The molecule has 0 spiro atoms. The molecule has 0 amide bonds. The molecule has 1 aromatic carbocycles. The Morgan fingerprint density at radius 2 is 2.24 bits per heavy atom. The molecule has 0 aromatic heterocycles. The van der Waals surface area contributed by atoms with Gasteiger partial charge in [-0.15, -0.1) is 0 Å². The number of hydrogen-bond acceptors (Lipinski definition) is 2. The average Bonchev–Trinajstić information content (AvgIpc) is 2.38. The summed E-state index contributed by atoms with van der Waals surface area (Å²) in [5.41, 5.74) is 1.35. The summed E-state index contributed by atoms with van der Waals surface area (Å²) < 4.78 is 1.20. The van der Waals surface area contributed by atoms with Gasteiger partial charge in [-0.1, -0.05) is 41.1 Å². The summed E-state index contributed by atoms with van der Waals surface area (Å²) in [5.74, 6) is 0. The van der Waals surface area contributed by atoms with E-state index in [1.807, 2.05) is 0 Å². The summed E-state index contributed by atoms with van der Waals surface area (Å²) in [4.78, 5) is 2.53. The minimum atomic E-state index is 0.649. The number of piperidine rings is 1. The Morgan fingerprint density at radius 1 is 1.41 bits per heavy atom. The van der Waals surface area contributed by atoms with Crippen molar-refractivity contribution in [1.82, 2.24) is 10.2 Å². The van der Waals surface area contributed by atoms with Crippen LogP contribution in [0.3, 0.4) is 0 Å². The van der Waals surface area contributed by atoms with Crippen molar-refractivity contribution >= 4 is 15.9 Å². The van der Waals surface area contributed by atoms with Gasteiger partial charge in [0.2, 0.25) is 0 Å². The molecule has 0 aliphatic carbocycles. The largest absolute Gasteiger partial charge is 0.309 e. The van der Waals surface area contributed by atoms with E-state index in [2.05, 4.69) is 57.3 Å². The molecule has 1 atom stereocenters. The number of likely N-dealkylation sites (tertiary alicyclic amines) is 1. The first-order valence-electron chi connectivity index (χ1n) is 6.48. The molecule has 1 aliphatic rings. The van der Waals surface area contributed by atoms with Crippen molar-refractivity contribution in [3.05, 3.63) is 34.3 Å². The van der Waals surface area contributed by atoms with Gasteiger partial charge in [-0.25, -0.2) is 0 Å². The van der Waals surface area contributed by atoms with Crippen LogP contribution in [0.1, 0.15) is 25.3 Å². The van der Waals surface area contributed by atoms with Crippen molar-refractivity contribution in [3.63, 3.8) is 0 Å². The summed E-state index contributed by atoms with van der Waals surface area (Å²) in [6.45, 7) is 6.84. The van der Waals surface area contributed by atoms with Crippen LogP contribution in [0.25, 0.3) is 0 Å². The van der Waals surface area contributed by atoms with Gasteiger partial charge in [-0.05, 0) is 37.6 Å². The maximum absolute atomic E-state index is 3.67. The molecule has 1 heterocycles. The van der Waals surface area contributed by atoms with E-state index < -0.39 is 0 Å². The molecule has 94 valence electrons. The van der Waals surface area contributed by atoms with Crippen molar-refractivity contribution < 1.29 is 0 Å². The SMILES string of the molecule is CCN1CCCC(NCc2ccccc2Br)C1.